The monoisotopic (exact) mass is 413 g/mol. The highest BCUT2D eigenvalue weighted by Gasteiger charge is 2.17. The minimum atomic E-state index is -0.913. The van der Waals surface area contributed by atoms with Crippen LogP contribution in [-0.2, 0) is 9.59 Å². The standard InChI is InChI=1S/C18H34O2.C6H13NO2/c1-2-3-4-5-6-7-8-9-10-11-12-13-14-15-16-17-18(19)20;1-3-4(2)5(7)6(8)9/h9-10H,2-8,11-17H2,1H3,(H,19,20);4-5H,3,7H2,1-2H3,(H,8,9)/b10-9-;/t;4-,5-/m.0/s1. The third-order valence-electron chi connectivity index (χ3n) is 5.19. The number of hydrogen-bond acceptors (Lipinski definition) is 3. The van der Waals surface area contributed by atoms with Gasteiger partial charge in [0.2, 0.25) is 0 Å². The Bertz CT molecular complexity index is 410. The zero-order valence-corrected chi connectivity index (χ0v) is 19.2. The summed E-state index contributed by atoms with van der Waals surface area (Å²) in [5, 5.41) is 16.9. The van der Waals surface area contributed by atoms with Gasteiger partial charge in [0.25, 0.3) is 0 Å². The van der Waals surface area contributed by atoms with Crippen LogP contribution in [0.15, 0.2) is 12.2 Å². The van der Waals surface area contributed by atoms with Gasteiger partial charge in [-0.25, -0.2) is 0 Å². The van der Waals surface area contributed by atoms with Gasteiger partial charge in [-0.2, -0.15) is 0 Å². The molecule has 0 aromatic rings. The van der Waals surface area contributed by atoms with E-state index in [0.29, 0.717) is 6.42 Å². The van der Waals surface area contributed by atoms with Gasteiger partial charge >= 0.3 is 11.9 Å². The fraction of sp³-hybridized carbons (Fsp3) is 0.833. The molecule has 0 saturated carbocycles. The Labute approximate surface area is 179 Å². The number of carboxylic acid groups (broad SMARTS) is 2. The molecule has 0 aliphatic carbocycles. The van der Waals surface area contributed by atoms with Crippen molar-refractivity contribution in [2.75, 3.05) is 0 Å². The first-order valence-corrected chi connectivity index (χ1v) is 11.7. The molecule has 0 heterocycles. The van der Waals surface area contributed by atoms with E-state index >= 15 is 0 Å². The number of carbonyl (C=O) groups is 2. The van der Waals surface area contributed by atoms with E-state index in [1.165, 1.54) is 70.6 Å². The average Bonchev–Trinajstić information content (AvgIpc) is 2.69. The Morgan fingerprint density at radius 2 is 1.24 bits per heavy atom. The van der Waals surface area contributed by atoms with E-state index in [-0.39, 0.29) is 5.92 Å². The maximum absolute atomic E-state index is 10.3. The Hall–Kier alpha value is -1.36. The molecular formula is C24H47NO4. The van der Waals surface area contributed by atoms with Crippen molar-refractivity contribution in [3.8, 4) is 0 Å². The van der Waals surface area contributed by atoms with Crippen molar-refractivity contribution in [2.45, 2.75) is 123 Å². The summed E-state index contributed by atoms with van der Waals surface area (Å²) in [6.07, 6.45) is 22.1. The molecule has 172 valence electrons. The van der Waals surface area contributed by atoms with Gasteiger partial charge in [0.05, 0.1) is 0 Å². The van der Waals surface area contributed by atoms with Crippen LogP contribution in [-0.4, -0.2) is 28.2 Å². The molecule has 4 N–H and O–H groups in total. The summed E-state index contributed by atoms with van der Waals surface area (Å²) in [5.74, 6) is -1.51. The topological polar surface area (TPSA) is 101 Å². The maximum Gasteiger partial charge on any atom is 0.320 e. The summed E-state index contributed by atoms with van der Waals surface area (Å²) >= 11 is 0. The first-order chi connectivity index (χ1) is 13.9. The Morgan fingerprint density at radius 1 is 0.793 bits per heavy atom. The third kappa shape index (κ3) is 24.6. The minimum absolute atomic E-state index is 0.0718. The first-order valence-electron chi connectivity index (χ1n) is 11.7. The molecule has 0 bridgehead atoms. The predicted octanol–water partition coefficient (Wildman–Crippen LogP) is 6.55. The van der Waals surface area contributed by atoms with Crippen molar-refractivity contribution in [1.82, 2.24) is 0 Å². The van der Waals surface area contributed by atoms with Crippen molar-refractivity contribution in [2.24, 2.45) is 11.7 Å². The van der Waals surface area contributed by atoms with Crippen LogP contribution in [0.5, 0.6) is 0 Å². The van der Waals surface area contributed by atoms with E-state index in [1.54, 1.807) is 0 Å². The molecule has 5 nitrogen and oxygen atoms in total. The largest absolute Gasteiger partial charge is 0.481 e. The van der Waals surface area contributed by atoms with Crippen molar-refractivity contribution in [1.29, 1.82) is 0 Å². The van der Waals surface area contributed by atoms with Crippen LogP contribution in [0, 0.1) is 5.92 Å². The van der Waals surface area contributed by atoms with Crippen LogP contribution in [0.3, 0.4) is 0 Å². The highest BCUT2D eigenvalue weighted by molar-refractivity contribution is 5.73. The lowest BCUT2D eigenvalue weighted by molar-refractivity contribution is -0.140. The number of aliphatic carboxylic acids is 2. The fourth-order valence-electron chi connectivity index (χ4n) is 2.84. The molecule has 2 atom stereocenters. The fourth-order valence-corrected chi connectivity index (χ4v) is 2.84. The van der Waals surface area contributed by atoms with Crippen molar-refractivity contribution >= 4 is 11.9 Å². The molecule has 0 fully saturated rings. The minimum Gasteiger partial charge on any atom is -0.481 e. The summed E-state index contributed by atoms with van der Waals surface area (Å²) in [5.41, 5.74) is 5.27. The van der Waals surface area contributed by atoms with E-state index in [2.05, 4.69) is 19.1 Å². The first kappa shape index (κ1) is 29.8. The Kier molecular flexibility index (Phi) is 23.6. The lowest BCUT2D eigenvalue weighted by Crippen LogP contribution is -2.36. The summed E-state index contributed by atoms with van der Waals surface area (Å²) in [6, 6.07) is -0.699. The van der Waals surface area contributed by atoms with Gasteiger partial charge < -0.3 is 15.9 Å². The molecule has 0 spiro atoms. The van der Waals surface area contributed by atoms with E-state index in [4.69, 9.17) is 15.9 Å². The van der Waals surface area contributed by atoms with Gasteiger partial charge in [0, 0.05) is 6.42 Å². The van der Waals surface area contributed by atoms with Crippen LogP contribution >= 0.6 is 0 Å². The quantitative estimate of drug-likeness (QED) is 0.175. The Balaban J connectivity index is 0. The zero-order valence-electron chi connectivity index (χ0n) is 19.2. The Morgan fingerprint density at radius 3 is 1.62 bits per heavy atom. The van der Waals surface area contributed by atoms with Crippen molar-refractivity contribution < 1.29 is 19.8 Å². The van der Waals surface area contributed by atoms with Gasteiger partial charge in [-0.15, -0.1) is 0 Å². The molecule has 0 aliphatic heterocycles. The van der Waals surface area contributed by atoms with Crippen molar-refractivity contribution in [3.05, 3.63) is 12.2 Å². The van der Waals surface area contributed by atoms with Crippen LogP contribution < -0.4 is 5.73 Å². The number of hydrogen-bond donors (Lipinski definition) is 3. The van der Waals surface area contributed by atoms with E-state index < -0.39 is 18.0 Å². The normalized spacial score (nSPS) is 13.0. The maximum atomic E-state index is 10.3. The average molecular weight is 414 g/mol. The second-order valence-electron chi connectivity index (χ2n) is 7.98. The van der Waals surface area contributed by atoms with E-state index in [0.717, 1.165) is 19.3 Å². The smallest absolute Gasteiger partial charge is 0.320 e. The summed E-state index contributed by atoms with van der Waals surface area (Å²) in [4.78, 5) is 20.5. The number of carboxylic acids is 2. The van der Waals surface area contributed by atoms with E-state index in [1.807, 2.05) is 13.8 Å². The summed E-state index contributed by atoms with van der Waals surface area (Å²) in [7, 11) is 0. The SMILES string of the molecule is CCCCCCCC/C=C\CCCCCCCC(=O)O.CC[C@H](C)[C@H](N)C(=O)O. The van der Waals surface area contributed by atoms with Crippen LogP contribution in [0.2, 0.25) is 0 Å². The van der Waals surface area contributed by atoms with Crippen LogP contribution in [0.1, 0.15) is 117 Å². The van der Waals surface area contributed by atoms with Crippen LogP contribution in [0.4, 0.5) is 0 Å². The molecule has 0 aromatic heterocycles. The summed E-state index contributed by atoms with van der Waals surface area (Å²) in [6.45, 7) is 6.02. The van der Waals surface area contributed by atoms with Gasteiger partial charge in [-0.05, 0) is 38.0 Å². The second kappa shape index (κ2) is 22.9. The molecule has 0 amide bonds. The summed E-state index contributed by atoms with van der Waals surface area (Å²) < 4.78 is 0. The van der Waals surface area contributed by atoms with Gasteiger partial charge in [0.1, 0.15) is 6.04 Å². The molecule has 0 saturated heterocycles. The van der Waals surface area contributed by atoms with Gasteiger partial charge in [-0.1, -0.05) is 90.7 Å². The number of allylic oxidation sites excluding steroid dienone is 2. The number of unbranched alkanes of at least 4 members (excludes halogenated alkanes) is 11. The van der Waals surface area contributed by atoms with E-state index in [9.17, 15) is 9.59 Å². The third-order valence-corrected chi connectivity index (χ3v) is 5.19. The molecule has 0 aliphatic rings. The molecule has 0 unspecified atom stereocenters. The second-order valence-corrected chi connectivity index (χ2v) is 7.98. The molecule has 0 aromatic carbocycles. The van der Waals surface area contributed by atoms with Gasteiger partial charge in [0.15, 0.2) is 0 Å². The van der Waals surface area contributed by atoms with Gasteiger partial charge in [-0.3, -0.25) is 9.59 Å². The lowest BCUT2D eigenvalue weighted by Gasteiger charge is -2.11. The molecule has 0 radical (unpaired) electrons. The van der Waals surface area contributed by atoms with Crippen LogP contribution in [0.25, 0.3) is 0 Å². The molecule has 5 heteroatoms. The predicted molar refractivity (Wildman–Crippen MR) is 122 cm³/mol. The molecule has 29 heavy (non-hydrogen) atoms. The number of rotatable bonds is 18. The molecular weight excluding hydrogens is 366 g/mol. The highest BCUT2D eigenvalue weighted by atomic mass is 16.4. The lowest BCUT2D eigenvalue weighted by atomic mass is 10.0. The molecule has 0 rings (SSSR count). The highest BCUT2D eigenvalue weighted by Crippen LogP contribution is 2.09. The number of nitrogens with two attached hydrogens (primary N) is 1. The zero-order chi connectivity index (χ0) is 22.3. The van der Waals surface area contributed by atoms with Crippen molar-refractivity contribution in [3.63, 3.8) is 0 Å².